The zero-order chi connectivity index (χ0) is 7.33. The summed E-state index contributed by atoms with van der Waals surface area (Å²) in [6, 6.07) is 0. The average molecular weight is 127 g/mol. The SMILES string of the molecule is C=CC(CC)(N=C)OC. The summed E-state index contributed by atoms with van der Waals surface area (Å²) in [4.78, 5) is 3.78. The first-order valence-corrected chi connectivity index (χ1v) is 2.91. The van der Waals surface area contributed by atoms with Crippen LogP contribution in [0.4, 0.5) is 0 Å². The molecule has 0 aromatic heterocycles. The Balaban J connectivity index is 4.15. The van der Waals surface area contributed by atoms with Crippen LogP contribution in [-0.4, -0.2) is 19.6 Å². The predicted molar refractivity (Wildman–Crippen MR) is 39.8 cm³/mol. The van der Waals surface area contributed by atoms with E-state index in [2.05, 4.69) is 18.3 Å². The third kappa shape index (κ3) is 1.64. The summed E-state index contributed by atoms with van der Waals surface area (Å²) < 4.78 is 5.04. The van der Waals surface area contributed by atoms with Crippen LogP contribution in [0.2, 0.25) is 0 Å². The summed E-state index contributed by atoms with van der Waals surface area (Å²) in [7, 11) is 1.60. The summed E-state index contributed by atoms with van der Waals surface area (Å²) in [6.07, 6.45) is 2.43. The van der Waals surface area contributed by atoms with Gasteiger partial charge in [0.25, 0.3) is 0 Å². The number of aliphatic imine (C=N–C) groups is 1. The minimum atomic E-state index is -0.556. The molecular weight excluding hydrogens is 114 g/mol. The first-order chi connectivity index (χ1) is 4.24. The molecule has 0 heterocycles. The van der Waals surface area contributed by atoms with Crippen molar-refractivity contribution < 1.29 is 4.74 Å². The van der Waals surface area contributed by atoms with Crippen molar-refractivity contribution in [1.29, 1.82) is 0 Å². The van der Waals surface area contributed by atoms with Crippen LogP contribution in [0, 0.1) is 0 Å². The number of rotatable bonds is 4. The standard InChI is InChI=1S/C7H13NO/c1-5-7(6-2,8-3)9-4/h5H,1,3,6H2,2,4H3. The highest BCUT2D eigenvalue weighted by atomic mass is 16.5. The molecule has 0 aliphatic rings. The molecule has 2 nitrogen and oxygen atoms in total. The Morgan fingerprint density at radius 2 is 2.33 bits per heavy atom. The maximum atomic E-state index is 5.04. The normalized spacial score (nSPS) is 16.2. The maximum absolute atomic E-state index is 5.04. The highest BCUT2D eigenvalue weighted by Crippen LogP contribution is 2.16. The van der Waals surface area contributed by atoms with Gasteiger partial charge in [-0.2, -0.15) is 0 Å². The highest BCUT2D eigenvalue weighted by molar-refractivity contribution is 5.26. The topological polar surface area (TPSA) is 21.6 Å². The van der Waals surface area contributed by atoms with E-state index in [1.165, 1.54) is 0 Å². The number of methoxy groups -OCH3 is 1. The van der Waals surface area contributed by atoms with Crippen molar-refractivity contribution in [2.75, 3.05) is 7.11 Å². The van der Waals surface area contributed by atoms with E-state index in [1.807, 2.05) is 6.92 Å². The smallest absolute Gasteiger partial charge is 0.176 e. The van der Waals surface area contributed by atoms with Crippen LogP contribution in [0.5, 0.6) is 0 Å². The van der Waals surface area contributed by atoms with Gasteiger partial charge in [-0.1, -0.05) is 13.5 Å². The molecule has 0 N–H and O–H groups in total. The van der Waals surface area contributed by atoms with Gasteiger partial charge >= 0.3 is 0 Å². The molecule has 0 radical (unpaired) electrons. The molecular formula is C7H13NO. The lowest BCUT2D eigenvalue weighted by Gasteiger charge is -2.21. The van der Waals surface area contributed by atoms with Crippen LogP contribution in [-0.2, 0) is 4.74 Å². The average Bonchev–Trinajstić information content (AvgIpc) is 1.95. The second kappa shape index (κ2) is 3.41. The Labute approximate surface area is 56.2 Å². The van der Waals surface area contributed by atoms with E-state index in [4.69, 9.17) is 4.74 Å². The number of hydrogen-bond donors (Lipinski definition) is 0. The number of ether oxygens (including phenoxy) is 1. The van der Waals surface area contributed by atoms with Gasteiger partial charge < -0.3 is 4.74 Å². The zero-order valence-electron chi connectivity index (χ0n) is 6.05. The van der Waals surface area contributed by atoms with E-state index in [0.29, 0.717) is 0 Å². The van der Waals surface area contributed by atoms with Crippen LogP contribution in [0.25, 0.3) is 0 Å². The van der Waals surface area contributed by atoms with Gasteiger partial charge in [-0.3, -0.25) is 4.99 Å². The van der Waals surface area contributed by atoms with E-state index in [-0.39, 0.29) is 0 Å². The van der Waals surface area contributed by atoms with Crippen molar-refractivity contribution in [3.8, 4) is 0 Å². The molecule has 0 spiro atoms. The van der Waals surface area contributed by atoms with Crippen LogP contribution >= 0.6 is 0 Å². The third-order valence-electron chi connectivity index (χ3n) is 1.45. The second-order valence-corrected chi connectivity index (χ2v) is 1.76. The molecule has 0 aromatic carbocycles. The Hall–Kier alpha value is -0.630. The van der Waals surface area contributed by atoms with Crippen molar-refractivity contribution in [2.24, 2.45) is 4.99 Å². The van der Waals surface area contributed by atoms with Gasteiger partial charge in [0.05, 0.1) is 0 Å². The fourth-order valence-corrected chi connectivity index (χ4v) is 0.613. The van der Waals surface area contributed by atoms with Crippen molar-refractivity contribution >= 4 is 6.72 Å². The van der Waals surface area contributed by atoms with Crippen molar-refractivity contribution in [3.63, 3.8) is 0 Å². The quantitative estimate of drug-likeness (QED) is 0.415. The number of nitrogens with zero attached hydrogens (tertiary/aromatic N) is 1. The lowest BCUT2D eigenvalue weighted by Crippen LogP contribution is -2.23. The summed E-state index contributed by atoms with van der Waals surface area (Å²) >= 11 is 0. The summed E-state index contributed by atoms with van der Waals surface area (Å²) in [6.45, 7) is 8.96. The van der Waals surface area contributed by atoms with Crippen molar-refractivity contribution in [2.45, 2.75) is 19.1 Å². The monoisotopic (exact) mass is 127 g/mol. The predicted octanol–water partition coefficient (Wildman–Crippen LogP) is 1.63. The van der Waals surface area contributed by atoms with E-state index in [0.717, 1.165) is 6.42 Å². The van der Waals surface area contributed by atoms with Crippen molar-refractivity contribution in [3.05, 3.63) is 12.7 Å². The summed E-state index contributed by atoms with van der Waals surface area (Å²) in [5, 5.41) is 0. The molecule has 1 unspecified atom stereocenters. The molecule has 0 aromatic rings. The third-order valence-corrected chi connectivity index (χ3v) is 1.45. The molecule has 1 atom stereocenters. The van der Waals surface area contributed by atoms with Gasteiger partial charge in [-0.15, -0.1) is 0 Å². The second-order valence-electron chi connectivity index (χ2n) is 1.76. The Morgan fingerprint density at radius 3 is 2.33 bits per heavy atom. The fourth-order valence-electron chi connectivity index (χ4n) is 0.613. The molecule has 0 saturated heterocycles. The van der Waals surface area contributed by atoms with E-state index >= 15 is 0 Å². The summed E-state index contributed by atoms with van der Waals surface area (Å²) in [5.74, 6) is 0. The Morgan fingerprint density at radius 1 is 1.78 bits per heavy atom. The van der Waals surface area contributed by atoms with E-state index in [1.54, 1.807) is 13.2 Å². The number of hydrogen-bond acceptors (Lipinski definition) is 2. The largest absolute Gasteiger partial charge is 0.354 e. The Bertz CT molecular complexity index is 95.5. The van der Waals surface area contributed by atoms with E-state index < -0.39 is 5.72 Å². The van der Waals surface area contributed by atoms with Gasteiger partial charge in [-0.25, -0.2) is 0 Å². The molecule has 9 heavy (non-hydrogen) atoms. The first kappa shape index (κ1) is 8.37. The maximum Gasteiger partial charge on any atom is 0.176 e. The van der Waals surface area contributed by atoms with Gasteiger partial charge in [0.15, 0.2) is 5.72 Å². The zero-order valence-corrected chi connectivity index (χ0v) is 6.05. The van der Waals surface area contributed by atoms with Crippen molar-refractivity contribution in [1.82, 2.24) is 0 Å². The molecule has 2 heteroatoms. The minimum absolute atomic E-state index is 0.556. The summed E-state index contributed by atoms with van der Waals surface area (Å²) in [5.41, 5.74) is -0.556. The molecule has 0 bridgehead atoms. The van der Waals surface area contributed by atoms with Crippen LogP contribution in [0.3, 0.4) is 0 Å². The Kier molecular flexibility index (Phi) is 3.17. The minimum Gasteiger partial charge on any atom is -0.354 e. The van der Waals surface area contributed by atoms with Gasteiger partial charge in [0, 0.05) is 7.11 Å². The lowest BCUT2D eigenvalue weighted by atomic mass is 10.2. The molecule has 0 saturated carbocycles. The van der Waals surface area contributed by atoms with Crippen LogP contribution < -0.4 is 0 Å². The first-order valence-electron chi connectivity index (χ1n) is 2.91. The van der Waals surface area contributed by atoms with Gasteiger partial charge in [0.1, 0.15) is 0 Å². The fraction of sp³-hybridized carbons (Fsp3) is 0.571. The van der Waals surface area contributed by atoms with Gasteiger partial charge in [-0.05, 0) is 19.2 Å². The molecule has 0 amide bonds. The van der Waals surface area contributed by atoms with E-state index in [9.17, 15) is 0 Å². The highest BCUT2D eigenvalue weighted by Gasteiger charge is 2.19. The van der Waals surface area contributed by atoms with Crippen LogP contribution in [0.1, 0.15) is 13.3 Å². The molecule has 52 valence electrons. The van der Waals surface area contributed by atoms with Crippen LogP contribution in [0.15, 0.2) is 17.6 Å². The molecule has 0 aliphatic carbocycles. The molecule has 0 fully saturated rings. The lowest BCUT2D eigenvalue weighted by molar-refractivity contribution is 0.0382. The van der Waals surface area contributed by atoms with Gasteiger partial charge in [0.2, 0.25) is 0 Å². The molecule has 0 rings (SSSR count). The molecule has 0 aliphatic heterocycles.